The summed E-state index contributed by atoms with van der Waals surface area (Å²) < 4.78 is 2.04. The molecule has 3 heterocycles. The van der Waals surface area contributed by atoms with Crippen LogP contribution in [0.4, 0.5) is 0 Å². The predicted molar refractivity (Wildman–Crippen MR) is 100 cm³/mol. The maximum Gasteiger partial charge on any atom is 0.254 e. The van der Waals surface area contributed by atoms with E-state index >= 15 is 0 Å². The van der Waals surface area contributed by atoms with Crippen LogP contribution in [0.3, 0.4) is 0 Å². The number of carbonyl (C=O) groups is 1. The van der Waals surface area contributed by atoms with Gasteiger partial charge in [-0.15, -0.1) is 10.2 Å². The van der Waals surface area contributed by atoms with Crippen molar-refractivity contribution in [1.29, 1.82) is 0 Å². The molecule has 2 aliphatic heterocycles. The summed E-state index contributed by atoms with van der Waals surface area (Å²) in [6.07, 6.45) is 3.46. The lowest BCUT2D eigenvalue weighted by molar-refractivity contribution is -0.124. The summed E-state index contributed by atoms with van der Waals surface area (Å²) in [5.74, 6) is 1.49. The Kier molecular flexibility index (Phi) is 4.30. The Bertz CT molecular complexity index is 872. The van der Waals surface area contributed by atoms with Gasteiger partial charge in [-0.3, -0.25) is 14.3 Å². The molecule has 0 bridgehead atoms. The number of carbonyl (C=O) groups excluding carboxylic acids is 1. The number of nitrogens with zero attached hydrogens (tertiary/aromatic N) is 4. The second-order valence-electron chi connectivity index (χ2n) is 5.82. The summed E-state index contributed by atoms with van der Waals surface area (Å²) in [5.41, 5.74) is 3.12. The van der Waals surface area contributed by atoms with Gasteiger partial charge in [-0.2, -0.15) is 0 Å². The molecule has 0 radical (unpaired) electrons. The molecule has 1 N–H and O–H groups in total. The Hall–Kier alpha value is -2.19. The number of hydrogen-bond acceptors (Lipinski definition) is 6. The van der Waals surface area contributed by atoms with Crippen LogP contribution in [0.5, 0.6) is 0 Å². The molecule has 1 atom stereocenters. The molecule has 2 aromatic rings. The lowest BCUT2D eigenvalue weighted by atomic mass is 10.2. The summed E-state index contributed by atoms with van der Waals surface area (Å²) in [6.45, 7) is 4.01. The van der Waals surface area contributed by atoms with Crippen LogP contribution in [0.25, 0.3) is 5.69 Å². The Balaban J connectivity index is 1.52. The second kappa shape index (κ2) is 6.61. The summed E-state index contributed by atoms with van der Waals surface area (Å²) in [5, 5.41) is 14.6. The molecule has 2 aliphatic rings. The lowest BCUT2D eigenvalue weighted by Gasteiger charge is -2.29. The van der Waals surface area contributed by atoms with E-state index in [1.165, 1.54) is 5.56 Å². The van der Waals surface area contributed by atoms with Gasteiger partial charge in [0.1, 0.15) is 5.82 Å². The fourth-order valence-electron chi connectivity index (χ4n) is 2.69. The third-order valence-electron chi connectivity index (χ3n) is 3.99. The highest BCUT2D eigenvalue weighted by atomic mass is 32.2. The molecular weight excluding hydrogens is 354 g/mol. The minimum atomic E-state index is -0.0372. The average Bonchev–Trinajstić information content (AvgIpc) is 3.21. The molecule has 25 heavy (non-hydrogen) atoms. The van der Waals surface area contributed by atoms with E-state index in [1.54, 1.807) is 34.5 Å². The first kappa shape index (κ1) is 16.3. The van der Waals surface area contributed by atoms with Crippen molar-refractivity contribution in [1.82, 2.24) is 25.0 Å². The number of benzene rings is 1. The minimum absolute atomic E-state index is 0.0109. The molecule has 6 nitrogen and oxygen atoms in total. The summed E-state index contributed by atoms with van der Waals surface area (Å²) >= 11 is 3.16. The Labute approximate surface area is 154 Å². The Morgan fingerprint density at radius 1 is 1.24 bits per heavy atom. The van der Waals surface area contributed by atoms with E-state index in [1.807, 2.05) is 23.1 Å². The van der Waals surface area contributed by atoms with E-state index in [9.17, 15) is 4.79 Å². The van der Waals surface area contributed by atoms with Gasteiger partial charge in [0, 0.05) is 29.4 Å². The number of rotatable bonds is 4. The SMILES string of the molecule is Cc1ccc(-n2c(C)nnc2SCC2=CC(=O)N3C=CSC3N2)cc1. The molecule has 0 fully saturated rings. The van der Waals surface area contributed by atoms with Crippen molar-refractivity contribution >= 4 is 29.4 Å². The van der Waals surface area contributed by atoms with Gasteiger partial charge in [-0.1, -0.05) is 41.2 Å². The molecule has 1 amide bonds. The second-order valence-corrected chi connectivity index (χ2v) is 7.76. The Morgan fingerprint density at radius 2 is 2.04 bits per heavy atom. The van der Waals surface area contributed by atoms with Crippen LogP contribution in [0, 0.1) is 13.8 Å². The van der Waals surface area contributed by atoms with Crippen molar-refractivity contribution in [3.63, 3.8) is 0 Å². The zero-order chi connectivity index (χ0) is 17.4. The number of hydrogen-bond donors (Lipinski definition) is 1. The van der Waals surface area contributed by atoms with Gasteiger partial charge in [-0.05, 0) is 31.4 Å². The number of thioether (sulfide) groups is 2. The summed E-state index contributed by atoms with van der Waals surface area (Å²) in [4.78, 5) is 13.8. The van der Waals surface area contributed by atoms with E-state index in [4.69, 9.17) is 0 Å². The van der Waals surface area contributed by atoms with Crippen LogP contribution in [0.2, 0.25) is 0 Å². The number of aryl methyl sites for hydroxylation is 2. The number of fused-ring (bicyclic) bond motifs is 1. The lowest BCUT2D eigenvalue weighted by Crippen LogP contribution is -2.45. The van der Waals surface area contributed by atoms with Crippen LogP contribution >= 0.6 is 23.5 Å². The first-order valence-corrected chi connectivity index (χ1v) is 9.78. The van der Waals surface area contributed by atoms with Crippen molar-refractivity contribution in [3.8, 4) is 5.69 Å². The molecule has 1 unspecified atom stereocenters. The normalized spacial score (nSPS) is 19.0. The number of nitrogens with one attached hydrogen (secondary N) is 1. The van der Waals surface area contributed by atoms with E-state index in [0.29, 0.717) is 5.75 Å². The van der Waals surface area contributed by atoms with Gasteiger partial charge in [0.2, 0.25) is 0 Å². The van der Waals surface area contributed by atoms with Crippen LogP contribution in [0.1, 0.15) is 11.4 Å². The van der Waals surface area contributed by atoms with Crippen LogP contribution in [0.15, 0.2) is 52.8 Å². The molecule has 1 aromatic heterocycles. The van der Waals surface area contributed by atoms with Crippen molar-refractivity contribution < 1.29 is 4.79 Å². The van der Waals surface area contributed by atoms with Gasteiger partial charge < -0.3 is 5.32 Å². The smallest absolute Gasteiger partial charge is 0.254 e. The zero-order valence-corrected chi connectivity index (χ0v) is 15.5. The summed E-state index contributed by atoms with van der Waals surface area (Å²) in [6, 6.07) is 8.28. The fourth-order valence-corrected chi connectivity index (χ4v) is 4.48. The molecule has 0 saturated carbocycles. The standard InChI is InChI=1S/C17H17N5OS2/c1-11-3-5-14(6-4-11)22-12(2)19-20-17(22)25-10-13-9-15(23)21-7-8-24-16(21)18-13/h3-9,16,18H,10H2,1-2H3. The van der Waals surface area contributed by atoms with Crippen molar-refractivity contribution in [2.24, 2.45) is 0 Å². The predicted octanol–water partition coefficient (Wildman–Crippen LogP) is 2.79. The molecule has 0 saturated heterocycles. The van der Waals surface area contributed by atoms with Crippen molar-refractivity contribution in [2.45, 2.75) is 24.5 Å². The van der Waals surface area contributed by atoms with Crippen LogP contribution in [-0.4, -0.2) is 36.8 Å². The highest BCUT2D eigenvalue weighted by Gasteiger charge is 2.29. The monoisotopic (exact) mass is 371 g/mol. The number of aromatic nitrogens is 3. The van der Waals surface area contributed by atoms with Gasteiger partial charge in [-0.25, -0.2) is 0 Å². The first-order chi connectivity index (χ1) is 12.1. The Morgan fingerprint density at radius 3 is 2.84 bits per heavy atom. The molecule has 0 spiro atoms. The van der Waals surface area contributed by atoms with E-state index < -0.39 is 0 Å². The quantitative estimate of drug-likeness (QED) is 0.834. The maximum absolute atomic E-state index is 12.1. The molecular formula is C17H17N5OS2. The van der Waals surface area contributed by atoms with Gasteiger partial charge >= 0.3 is 0 Å². The molecule has 1 aromatic carbocycles. The van der Waals surface area contributed by atoms with Gasteiger partial charge in [0.05, 0.1) is 0 Å². The topological polar surface area (TPSA) is 63.1 Å². The zero-order valence-electron chi connectivity index (χ0n) is 13.8. The van der Waals surface area contributed by atoms with Crippen LogP contribution in [-0.2, 0) is 4.79 Å². The van der Waals surface area contributed by atoms with E-state index in [0.717, 1.165) is 22.4 Å². The molecule has 4 rings (SSSR count). The van der Waals surface area contributed by atoms with Crippen molar-refractivity contribution in [2.75, 3.05) is 5.75 Å². The largest absolute Gasteiger partial charge is 0.359 e. The van der Waals surface area contributed by atoms with Crippen LogP contribution < -0.4 is 5.32 Å². The van der Waals surface area contributed by atoms with E-state index in [2.05, 4.69) is 46.7 Å². The minimum Gasteiger partial charge on any atom is -0.359 e. The fraction of sp³-hybridized carbons (Fsp3) is 0.235. The first-order valence-electron chi connectivity index (χ1n) is 7.85. The van der Waals surface area contributed by atoms with Gasteiger partial charge in [0.25, 0.3) is 5.91 Å². The van der Waals surface area contributed by atoms with Crippen molar-refractivity contribution in [3.05, 3.63) is 59.0 Å². The van der Waals surface area contributed by atoms with Gasteiger partial charge in [0.15, 0.2) is 10.7 Å². The molecule has 8 heteroatoms. The van der Waals surface area contributed by atoms with E-state index in [-0.39, 0.29) is 11.4 Å². The highest BCUT2D eigenvalue weighted by molar-refractivity contribution is 8.02. The average molecular weight is 371 g/mol. The highest BCUT2D eigenvalue weighted by Crippen LogP contribution is 2.29. The molecule has 128 valence electrons. The third kappa shape index (κ3) is 3.19. The number of amides is 1. The summed E-state index contributed by atoms with van der Waals surface area (Å²) in [7, 11) is 0. The molecule has 0 aliphatic carbocycles. The maximum atomic E-state index is 12.1. The third-order valence-corrected chi connectivity index (χ3v) is 5.85.